The molecule has 0 saturated carbocycles. The highest BCUT2D eigenvalue weighted by molar-refractivity contribution is 14.1. The van der Waals surface area contributed by atoms with E-state index in [9.17, 15) is 4.79 Å². The van der Waals surface area contributed by atoms with E-state index in [2.05, 4.69) is 6.92 Å². The van der Waals surface area contributed by atoms with E-state index >= 15 is 0 Å². The van der Waals surface area contributed by atoms with E-state index in [1.54, 1.807) is 0 Å². The van der Waals surface area contributed by atoms with Crippen LogP contribution in [0.3, 0.4) is 0 Å². The first-order valence-electron chi connectivity index (χ1n) is 8.55. The summed E-state index contributed by atoms with van der Waals surface area (Å²) in [5.41, 5.74) is 0. The van der Waals surface area contributed by atoms with Crippen molar-refractivity contribution in [1.29, 1.82) is 0 Å². The van der Waals surface area contributed by atoms with Crippen molar-refractivity contribution in [1.82, 2.24) is 0 Å². The van der Waals surface area contributed by atoms with Crippen LogP contribution in [0.1, 0.15) is 96.8 Å². The Hall–Kier alpha value is 0.200. The molecule has 1 unspecified atom stereocenters. The van der Waals surface area contributed by atoms with Crippen LogP contribution in [0, 0.1) is 0 Å². The highest BCUT2D eigenvalue weighted by atomic mass is 127. The van der Waals surface area contributed by atoms with Crippen molar-refractivity contribution >= 4 is 28.6 Å². The molecular formula is C17H33IO2. The second-order valence-corrected chi connectivity index (χ2v) is 7.34. The van der Waals surface area contributed by atoms with Crippen LogP contribution in [0.15, 0.2) is 0 Å². The Bertz CT molecular complexity index is 219. The van der Waals surface area contributed by atoms with Gasteiger partial charge in [-0.15, -0.1) is 0 Å². The Kier molecular flexibility index (Phi) is 15.7. The molecule has 2 nitrogen and oxygen atoms in total. The van der Waals surface area contributed by atoms with Crippen molar-refractivity contribution < 1.29 is 9.90 Å². The van der Waals surface area contributed by atoms with Crippen LogP contribution in [-0.4, -0.2) is 15.0 Å². The maximum absolute atomic E-state index is 10.6. The Morgan fingerprint density at radius 2 is 1.15 bits per heavy atom. The SMILES string of the molecule is CCCCCCCCCCCCCCCC(I)C(=O)O. The van der Waals surface area contributed by atoms with Gasteiger partial charge in [0.05, 0.1) is 0 Å². The van der Waals surface area contributed by atoms with Gasteiger partial charge in [0.15, 0.2) is 0 Å². The summed E-state index contributed by atoms with van der Waals surface area (Å²) in [5.74, 6) is -0.662. The molecule has 0 aromatic heterocycles. The van der Waals surface area contributed by atoms with E-state index in [4.69, 9.17) is 5.11 Å². The molecule has 0 aliphatic carbocycles. The summed E-state index contributed by atoms with van der Waals surface area (Å²) in [6.45, 7) is 2.27. The summed E-state index contributed by atoms with van der Waals surface area (Å²) in [6, 6.07) is 0. The minimum absolute atomic E-state index is 0.194. The Balaban J connectivity index is 3.04. The molecule has 0 heterocycles. The lowest BCUT2D eigenvalue weighted by Crippen LogP contribution is -2.11. The zero-order valence-electron chi connectivity index (χ0n) is 13.2. The lowest BCUT2D eigenvalue weighted by molar-refractivity contribution is -0.136. The molecule has 20 heavy (non-hydrogen) atoms. The van der Waals surface area contributed by atoms with Crippen molar-refractivity contribution in [2.24, 2.45) is 0 Å². The van der Waals surface area contributed by atoms with Crippen molar-refractivity contribution in [2.75, 3.05) is 0 Å². The molecule has 120 valence electrons. The maximum atomic E-state index is 10.6. The molecule has 0 radical (unpaired) electrons. The molecule has 0 bridgehead atoms. The van der Waals surface area contributed by atoms with Crippen LogP contribution in [0.2, 0.25) is 0 Å². The standard InChI is InChI=1S/C17H33IO2/c1-2-3-4-5-6-7-8-9-10-11-12-13-14-15-16(18)17(19)20/h16H,2-15H2,1H3,(H,19,20). The number of carboxylic acids is 1. The molecule has 0 aliphatic heterocycles. The van der Waals surface area contributed by atoms with Gasteiger partial charge in [-0.05, 0) is 6.42 Å². The average molecular weight is 396 g/mol. The van der Waals surface area contributed by atoms with Crippen LogP contribution in [0.5, 0.6) is 0 Å². The van der Waals surface area contributed by atoms with Crippen LogP contribution in [0.25, 0.3) is 0 Å². The van der Waals surface area contributed by atoms with Crippen molar-refractivity contribution in [2.45, 2.75) is 101 Å². The average Bonchev–Trinajstić information content (AvgIpc) is 2.43. The topological polar surface area (TPSA) is 37.3 Å². The van der Waals surface area contributed by atoms with E-state index in [0.29, 0.717) is 0 Å². The van der Waals surface area contributed by atoms with Crippen molar-refractivity contribution in [3.63, 3.8) is 0 Å². The Labute approximate surface area is 139 Å². The predicted octanol–water partition coefficient (Wildman–Crippen LogP) is 6.36. The lowest BCUT2D eigenvalue weighted by Gasteiger charge is -2.05. The minimum Gasteiger partial charge on any atom is -0.480 e. The number of unbranched alkanes of at least 4 members (excludes halogenated alkanes) is 12. The van der Waals surface area contributed by atoms with Gasteiger partial charge in [-0.3, -0.25) is 4.79 Å². The van der Waals surface area contributed by atoms with E-state index in [-0.39, 0.29) is 3.92 Å². The molecule has 0 aliphatic rings. The van der Waals surface area contributed by atoms with Gasteiger partial charge in [0, 0.05) is 0 Å². The summed E-state index contributed by atoms with van der Waals surface area (Å²) >= 11 is 2.03. The fourth-order valence-corrected chi connectivity index (χ4v) is 2.91. The first-order valence-corrected chi connectivity index (χ1v) is 9.80. The molecule has 0 saturated heterocycles. The number of hydrogen-bond acceptors (Lipinski definition) is 1. The lowest BCUT2D eigenvalue weighted by atomic mass is 10.0. The molecule has 1 atom stereocenters. The minimum atomic E-state index is -0.662. The third-order valence-corrected chi connectivity index (χ3v) is 4.98. The molecule has 0 spiro atoms. The summed E-state index contributed by atoms with van der Waals surface area (Å²) < 4.78 is -0.194. The smallest absolute Gasteiger partial charge is 0.316 e. The fourth-order valence-electron chi connectivity index (χ4n) is 2.46. The summed E-state index contributed by atoms with van der Waals surface area (Å²) in [5, 5.41) is 8.77. The molecule has 0 rings (SSSR count). The number of aliphatic carboxylic acids is 1. The number of carbonyl (C=O) groups is 1. The molecule has 0 amide bonds. The second-order valence-electron chi connectivity index (χ2n) is 5.84. The Morgan fingerprint density at radius 3 is 1.50 bits per heavy atom. The summed E-state index contributed by atoms with van der Waals surface area (Å²) in [7, 11) is 0. The Morgan fingerprint density at radius 1 is 0.800 bits per heavy atom. The van der Waals surface area contributed by atoms with Gasteiger partial charge in [0.2, 0.25) is 0 Å². The molecule has 3 heteroatoms. The second kappa shape index (κ2) is 15.6. The normalized spacial score (nSPS) is 12.5. The molecule has 0 aromatic carbocycles. The van der Waals surface area contributed by atoms with Gasteiger partial charge < -0.3 is 5.11 Å². The summed E-state index contributed by atoms with van der Waals surface area (Å²) in [4.78, 5) is 10.6. The van der Waals surface area contributed by atoms with E-state index < -0.39 is 5.97 Å². The van der Waals surface area contributed by atoms with Crippen molar-refractivity contribution in [3.8, 4) is 0 Å². The van der Waals surface area contributed by atoms with E-state index in [0.717, 1.165) is 12.8 Å². The highest BCUT2D eigenvalue weighted by Gasteiger charge is 2.11. The van der Waals surface area contributed by atoms with Crippen LogP contribution < -0.4 is 0 Å². The van der Waals surface area contributed by atoms with Gasteiger partial charge in [0.1, 0.15) is 3.92 Å². The van der Waals surface area contributed by atoms with Crippen molar-refractivity contribution in [3.05, 3.63) is 0 Å². The molecule has 0 fully saturated rings. The number of alkyl halides is 1. The third kappa shape index (κ3) is 14.6. The van der Waals surface area contributed by atoms with Crippen LogP contribution >= 0.6 is 22.6 Å². The zero-order chi connectivity index (χ0) is 15.1. The van der Waals surface area contributed by atoms with E-state index in [1.807, 2.05) is 22.6 Å². The first-order chi connectivity index (χ1) is 9.68. The first kappa shape index (κ1) is 20.2. The number of halogens is 1. The number of carboxylic acid groups (broad SMARTS) is 1. The van der Waals surface area contributed by atoms with Crippen LogP contribution in [-0.2, 0) is 4.79 Å². The molecule has 1 N–H and O–H groups in total. The van der Waals surface area contributed by atoms with Gasteiger partial charge in [-0.2, -0.15) is 0 Å². The zero-order valence-corrected chi connectivity index (χ0v) is 15.4. The maximum Gasteiger partial charge on any atom is 0.316 e. The van der Waals surface area contributed by atoms with Gasteiger partial charge in [0.25, 0.3) is 0 Å². The highest BCUT2D eigenvalue weighted by Crippen LogP contribution is 2.15. The fraction of sp³-hybridized carbons (Fsp3) is 0.941. The largest absolute Gasteiger partial charge is 0.480 e. The number of rotatable bonds is 15. The third-order valence-electron chi connectivity index (χ3n) is 3.83. The molecule has 0 aromatic rings. The summed E-state index contributed by atoms with van der Waals surface area (Å²) in [6.07, 6.45) is 18.3. The predicted molar refractivity (Wildman–Crippen MR) is 95.8 cm³/mol. The van der Waals surface area contributed by atoms with Crippen LogP contribution in [0.4, 0.5) is 0 Å². The number of hydrogen-bond donors (Lipinski definition) is 1. The van der Waals surface area contributed by atoms with Gasteiger partial charge >= 0.3 is 5.97 Å². The molecular weight excluding hydrogens is 363 g/mol. The quantitative estimate of drug-likeness (QED) is 0.199. The van der Waals surface area contributed by atoms with E-state index in [1.165, 1.54) is 77.0 Å². The van der Waals surface area contributed by atoms with Gasteiger partial charge in [-0.25, -0.2) is 0 Å². The van der Waals surface area contributed by atoms with Gasteiger partial charge in [-0.1, -0.05) is 113 Å². The monoisotopic (exact) mass is 396 g/mol.